The zero-order valence-corrected chi connectivity index (χ0v) is 31.9. The van der Waals surface area contributed by atoms with Crippen LogP contribution in [0.4, 0.5) is 24.7 Å². The molecule has 0 spiro atoms. The Morgan fingerprint density at radius 1 is 0.964 bits per heavy atom. The van der Waals surface area contributed by atoms with Crippen LogP contribution in [0, 0.1) is 17.2 Å². The minimum absolute atomic E-state index is 0.0260. The number of aryl methyl sites for hydroxylation is 1. The number of hydrogen-bond donors (Lipinski definition) is 2. The smallest absolute Gasteiger partial charge is 0.370 e. The second-order valence-corrected chi connectivity index (χ2v) is 15.3. The number of amides is 1. The number of rotatable bonds is 10. The molecule has 1 saturated carbocycles. The zero-order valence-electron chi connectivity index (χ0n) is 31.9. The van der Waals surface area contributed by atoms with E-state index < -0.39 is 17.4 Å². The van der Waals surface area contributed by atoms with Crippen LogP contribution in [0.15, 0.2) is 47.5 Å². The first-order chi connectivity index (χ1) is 27.0. The number of fused-ring (bicyclic) bond motifs is 1. The van der Waals surface area contributed by atoms with Crippen molar-refractivity contribution < 1.29 is 18.0 Å². The molecule has 2 saturated heterocycles. The highest BCUT2D eigenvalue weighted by molar-refractivity contribution is 5.92. The van der Waals surface area contributed by atoms with Gasteiger partial charge >= 0.3 is 6.18 Å². The molecule has 0 aromatic carbocycles. The lowest BCUT2D eigenvalue weighted by atomic mass is 9.90. The average molecular weight is 772 g/mol. The maximum Gasteiger partial charge on any atom is 0.419 e. The number of alkyl halides is 3. The van der Waals surface area contributed by atoms with Gasteiger partial charge in [0.2, 0.25) is 0 Å². The largest absolute Gasteiger partial charge is 0.419 e. The Labute approximate surface area is 323 Å². The van der Waals surface area contributed by atoms with E-state index in [0.717, 1.165) is 99.2 Å². The third-order valence-corrected chi connectivity index (χ3v) is 11.7. The van der Waals surface area contributed by atoms with Crippen molar-refractivity contribution in [1.29, 1.82) is 5.26 Å². The summed E-state index contributed by atoms with van der Waals surface area (Å²) in [7, 11) is 1.73. The first-order valence-corrected chi connectivity index (χ1v) is 19.5. The number of H-pyrrole nitrogens is 1. The van der Waals surface area contributed by atoms with Crippen molar-refractivity contribution in [2.45, 2.75) is 76.7 Å². The van der Waals surface area contributed by atoms with Crippen LogP contribution < -0.4 is 20.7 Å². The number of piperidine rings is 1. The lowest BCUT2D eigenvalue weighted by molar-refractivity contribution is -0.138. The number of carbonyl (C=O) groups excluding carboxylic acids is 1. The Morgan fingerprint density at radius 3 is 2.36 bits per heavy atom. The molecule has 0 radical (unpaired) electrons. The topological polar surface area (TPSA) is 150 Å². The highest BCUT2D eigenvalue weighted by Crippen LogP contribution is 2.35. The van der Waals surface area contributed by atoms with Crippen LogP contribution in [-0.2, 0) is 19.1 Å². The van der Waals surface area contributed by atoms with E-state index in [-0.39, 0.29) is 29.2 Å². The van der Waals surface area contributed by atoms with E-state index >= 15 is 0 Å². The molecule has 13 nitrogen and oxygen atoms in total. The average Bonchev–Trinajstić information content (AvgIpc) is 3.21. The maximum absolute atomic E-state index is 13.5. The molecule has 4 aromatic rings. The number of nitrogens with one attached hydrogen (secondary N) is 2. The summed E-state index contributed by atoms with van der Waals surface area (Å²) >= 11 is 0. The van der Waals surface area contributed by atoms with Crippen molar-refractivity contribution in [3.63, 3.8) is 0 Å². The number of nitriles is 1. The summed E-state index contributed by atoms with van der Waals surface area (Å²) in [4.78, 5) is 45.7. The van der Waals surface area contributed by atoms with Crippen LogP contribution in [0.25, 0.3) is 11.0 Å². The molecule has 6 heterocycles. The molecule has 7 rings (SSSR count). The zero-order chi connectivity index (χ0) is 39.4. The van der Waals surface area contributed by atoms with Crippen LogP contribution in [0.1, 0.15) is 78.3 Å². The van der Waals surface area contributed by atoms with Crippen LogP contribution in [0.2, 0.25) is 0 Å². The Morgan fingerprint density at radius 2 is 1.70 bits per heavy atom. The molecule has 3 aliphatic rings. The molecular weight excluding hydrogens is 724 g/mol. The van der Waals surface area contributed by atoms with E-state index in [9.17, 15) is 22.8 Å². The van der Waals surface area contributed by atoms with Crippen molar-refractivity contribution in [2.75, 3.05) is 62.7 Å². The minimum Gasteiger partial charge on any atom is -0.370 e. The summed E-state index contributed by atoms with van der Waals surface area (Å²) in [5.41, 5.74) is 2.31. The fourth-order valence-corrected chi connectivity index (χ4v) is 8.26. The predicted octanol–water partition coefficient (Wildman–Crippen LogP) is 4.77. The molecule has 2 N–H and O–H groups in total. The van der Waals surface area contributed by atoms with Crippen molar-refractivity contribution in [3.8, 4) is 6.07 Å². The van der Waals surface area contributed by atoms with Crippen LogP contribution in [-0.4, -0.2) is 106 Å². The van der Waals surface area contributed by atoms with E-state index in [2.05, 4.69) is 45.2 Å². The first kappa shape index (κ1) is 39.1. The van der Waals surface area contributed by atoms with Gasteiger partial charge in [-0.15, -0.1) is 10.2 Å². The molecule has 4 aromatic heterocycles. The molecule has 0 bridgehead atoms. The van der Waals surface area contributed by atoms with Crippen molar-refractivity contribution in [2.24, 2.45) is 5.92 Å². The second kappa shape index (κ2) is 16.9. The first-order valence-electron chi connectivity index (χ1n) is 19.5. The number of halogens is 3. The molecular formula is C40H48F3N11O2. The molecule has 3 fully saturated rings. The molecule has 0 atom stereocenters. The summed E-state index contributed by atoms with van der Waals surface area (Å²) < 4.78 is 40.4. The SMILES string of the molecule is CCc1cc2ncc(CN3CCN(CC4CCN(c5ccc(C(=O)NC6CCC(N(C)c7cnc(C#N)c(C(F)(F)F)c7)CC6)nn5)CC4)CC3)cc2[nH]c1=O. The summed E-state index contributed by atoms with van der Waals surface area (Å²) in [5, 5.41) is 20.8. The maximum atomic E-state index is 13.5. The molecule has 0 unspecified atom stereocenters. The number of nitrogens with zero attached hydrogens (tertiary/aromatic N) is 9. The number of carbonyl (C=O) groups is 1. The quantitative estimate of drug-likeness (QED) is 0.230. The standard InChI is InChI=1S/C40H48F3N11O2/c1-3-28-19-34-35(48-38(28)55)18-27(22-45-34)25-53-16-14-52(15-17-53)24-26-10-12-54(13-11-26)37-9-8-33(49-50-37)39(56)47-29-4-6-30(7-5-29)51(2)31-20-32(40(41,42)43)36(21-44)46-23-31/h8-9,18-20,22-23,26,29-30H,3-7,10-17,24-25H2,1-2H3,(H,47,56)(H,48,55). The number of pyridine rings is 3. The number of hydrogen-bond acceptors (Lipinski definition) is 11. The van der Waals surface area contributed by atoms with E-state index in [1.807, 2.05) is 31.3 Å². The Balaban J connectivity index is 0.816. The van der Waals surface area contributed by atoms with Gasteiger partial charge in [0.15, 0.2) is 17.2 Å². The van der Waals surface area contributed by atoms with Gasteiger partial charge in [-0.05, 0) is 86.8 Å². The number of aromatic amines is 1. The summed E-state index contributed by atoms with van der Waals surface area (Å²) in [6, 6.07) is 9.91. The predicted molar refractivity (Wildman–Crippen MR) is 206 cm³/mol. The monoisotopic (exact) mass is 771 g/mol. The second-order valence-electron chi connectivity index (χ2n) is 15.3. The number of aromatic nitrogens is 5. The van der Waals surface area contributed by atoms with Gasteiger partial charge in [-0.3, -0.25) is 19.5 Å². The van der Waals surface area contributed by atoms with E-state index in [1.54, 1.807) is 18.0 Å². The fourth-order valence-electron chi connectivity index (χ4n) is 8.26. The lowest BCUT2D eigenvalue weighted by Crippen LogP contribution is -2.48. The lowest BCUT2D eigenvalue weighted by Gasteiger charge is -2.39. The Hall–Kier alpha value is -5.14. The molecule has 1 aliphatic carbocycles. The molecule has 1 amide bonds. The third kappa shape index (κ3) is 9.11. The van der Waals surface area contributed by atoms with Crippen molar-refractivity contribution >= 4 is 28.4 Å². The van der Waals surface area contributed by atoms with Gasteiger partial charge < -0.3 is 25.0 Å². The summed E-state index contributed by atoms with van der Waals surface area (Å²) in [5.74, 6) is 1.08. The molecule has 56 heavy (non-hydrogen) atoms. The van der Waals surface area contributed by atoms with Gasteiger partial charge in [-0.2, -0.15) is 18.4 Å². The van der Waals surface area contributed by atoms with Crippen LogP contribution in [0.5, 0.6) is 0 Å². The van der Waals surface area contributed by atoms with Crippen LogP contribution >= 0.6 is 0 Å². The highest BCUT2D eigenvalue weighted by atomic mass is 19.4. The molecule has 16 heteroatoms. The highest BCUT2D eigenvalue weighted by Gasteiger charge is 2.36. The fraction of sp³-hybridized carbons (Fsp3) is 0.525. The number of anilines is 2. The van der Waals surface area contributed by atoms with Gasteiger partial charge in [0.1, 0.15) is 6.07 Å². The Kier molecular flexibility index (Phi) is 11.8. The van der Waals surface area contributed by atoms with Gasteiger partial charge in [-0.25, -0.2) is 4.98 Å². The summed E-state index contributed by atoms with van der Waals surface area (Å²) in [6.45, 7) is 9.65. The van der Waals surface area contributed by atoms with Gasteiger partial charge in [0.05, 0.1) is 28.5 Å². The van der Waals surface area contributed by atoms with Gasteiger partial charge in [0, 0.05) is 83.2 Å². The minimum atomic E-state index is -4.67. The van der Waals surface area contributed by atoms with Crippen molar-refractivity contribution in [1.82, 2.24) is 40.3 Å². The van der Waals surface area contributed by atoms with Crippen molar-refractivity contribution in [3.05, 3.63) is 81.2 Å². The van der Waals surface area contributed by atoms with E-state index in [4.69, 9.17) is 5.26 Å². The number of piperazine rings is 1. The molecule has 296 valence electrons. The van der Waals surface area contributed by atoms with E-state index in [1.165, 1.54) is 12.3 Å². The van der Waals surface area contributed by atoms with Crippen LogP contribution in [0.3, 0.4) is 0 Å². The van der Waals surface area contributed by atoms with E-state index in [0.29, 0.717) is 43.7 Å². The molecule has 2 aliphatic heterocycles. The van der Waals surface area contributed by atoms with Gasteiger partial charge in [-0.1, -0.05) is 6.92 Å². The summed E-state index contributed by atoms with van der Waals surface area (Å²) in [6.07, 6.45) is 4.05. The third-order valence-electron chi connectivity index (χ3n) is 11.7. The normalized spacial score (nSPS) is 20.2. The van der Waals surface area contributed by atoms with Gasteiger partial charge in [0.25, 0.3) is 11.5 Å². The Bertz CT molecular complexity index is 2100.